The molecule has 0 unspecified atom stereocenters. The molecule has 0 amide bonds. The molecule has 0 fully saturated rings. The third-order valence-corrected chi connectivity index (χ3v) is 2.50. The molecule has 0 aromatic heterocycles. The fourth-order valence-corrected chi connectivity index (χ4v) is 1.25. The van der Waals surface area contributed by atoms with E-state index in [0.717, 1.165) is 4.77 Å². The van der Waals surface area contributed by atoms with Gasteiger partial charge in [0.15, 0.2) is 0 Å². The van der Waals surface area contributed by atoms with Crippen LogP contribution in [0.5, 0.6) is 0 Å². The van der Waals surface area contributed by atoms with Gasteiger partial charge in [-0.2, -0.15) is 0 Å². The number of thioether (sulfide) groups is 2. The minimum atomic E-state index is 1.01. The zero-order valence-corrected chi connectivity index (χ0v) is 6.36. The van der Waals surface area contributed by atoms with Crippen molar-refractivity contribution in [2.45, 2.75) is 0 Å². The Morgan fingerprint density at radius 1 is 1.29 bits per heavy atom. The van der Waals surface area contributed by atoms with Crippen LogP contribution >= 0.6 is 23.5 Å². The second-order valence-corrected chi connectivity index (χ2v) is 2.68. The van der Waals surface area contributed by atoms with Crippen LogP contribution in [0, 0.1) is 4.77 Å². The second-order valence-electron chi connectivity index (χ2n) is 0.862. The smallest absolute Gasteiger partial charge is 0.208 e. The van der Waals surface area contributed by atoms with Crippen molar-refractivity contribution < 1.29 is 4.74 Å². The van der Waals surface area contributed by atoms with Gasteiger partial charge in [-0.3, -0.25) is 0 Å². The summed E-state index contributed by atoms with van der Waals surface area (Å²) in [6.07, 6.45) is 3.99. The number of rotatable bonds is 3. The predicted octanol–water partition coefficient (Wildman–Crippen LogP) is 1.81. The summed E-state index contributed by atoms with van der Waals surface area (Å²) in [6.45, 7) is 0. The number of hydrogen-bond acceptors (Lipinski definition) is 3. The van der Waals surface area contributed by atoms with Crippen LogP contribution in [0.2, 0.25) is 0 Å². The molecule has 0 aromatic rings. The van der Waals surface area contributed by atoms with Crippen LogP contribution in [0.4, 0.5) is 0 Å². The summed E-state index contributed by atoms with van der Waals surface area (Å²) in [6, 6.07) is 0. The topological polar surface area (TPSA) is 9.23 Å². The van der Waals surface area contributed by atoms with Gasteiger partial charge in [-0.1, -0.05) is 0 Å². The molecule has 0 heterocycles. The third kappa shape index (κ3) is 3.26. The van der Waals surface area contributed by atoms with Crippen molar-refractivity contribution in [3.63, 3.8) is 0 Å². The molecule has 0 atom stereocenters. The molecule has 0 aromatic carbocycles. The van der Waals surface area contributed by atoms with Gasteiger partial charge in [-0.05, 0) is 12.5 Å². The van der Waals surface area contributed by atoms with E-state index in [-0.39, 0.29) is 0 Å². The Kier molecular flexibility index (Phi) is 5.26. The van der Waals surface area contributed by atoms with E-state index in [2.05, 4.69) is 0 Å². The van der Waals surface area contributed by atoms with Crippen molar-refractivity contribution in [2.75, 3.05) is 19.6 Å². The summed E-state index contributed by atoms with van der Waals surface area (Å²) < 4.78 is 5.91. The summed E-state index contributed by atoms with van der Waals surface area (Å²) in [5.41, 5.74) is 0. The van der Waals surface area contributed by atoms with Gasteiger partial charge in [0, 0.05) is 7.11 Å². The van der Waals surface area contributed by atoms with E-state index in [0.29, 0.717) is 0 Å². The SMILES string of the molecule is CO[C](SC)SC. The quantitative estimate of drug-likeness (QED) is 0.587. The first kappa shape index (κ1) is 7.66. The first-order valence-corrected chi connectivity index (χ1v) is 4.29. The largest absolute Gasteiger partial charge is 0.354 e. The average molecular weight is 137 g/mol. The zero-order chi connectivity index (χ0) is 5.70. The van der Waals surface area contributed by atoms with Crippen LogP contribution in [0.1, 0.15) is 0 Å². The van der Waals surface area contributed by atoms with Gasteiger partial charge >= 0.3 is 0 Å². The lowest BCUT2D eigenvalue weighted by Crippen LogP contribution is -1.84. The molecule has 0 rings (SSSR count). The van der Waals surface area contributed by atoms with Gasteiger partial charge < -0.3 is 4.74 Å². The highest BCUT2D eigenvalue weighted by molar-refractivity contribution is 8.19. The Labute approximate surface area is 53.2 Å². The predicted molar refractivity (Wildman–Crippen MR) is 37.3 cm³/mol. The Hall–Kier alpha value is 0.660. The molecule has 0 saturated carbocycles. The number of hydrogen-bond donors (Lipinski definition) is 0. The summed E-state index contributed by atoms with van der Waals surface area (Å²) in [5.74, 6) is 0. The Balaban J connectivity index is 2.99. The minimum absolute atomic E-state index is 1.01. The van der Waals surface area contributed by atoms with E-state index in [1.807, 2.05) is 12.5 Å². The molecule has 43 valence electrons. The van der Waals surface area contributed by atoms with Crippen molar-refractivity contribution in [3.05, 3.63) is 4.77 Å². The van der Waals surface area contributed by atoms with Gasteiger partial charge in [0.1, 0.15) is 0 Å². The first-order valence-electron chi connectivity index (χ1n) is 1.84. The standard InChI is InChI=1S/C4H9OS2/c1-5-4(6-2)7-3/h1-3H3. The summed E-state index contributed by atoms with van der Waals surface area (Å²) in [7, 11) is 1.68. The van der Waals surface area contributed by atoms with Crippen LogP contribution in [0.25, 0.3) is 0 Å². The minimum Gasteiger partial charge on any atom is -0.354 e. The van der Waals surface area contributed by atoms with Gasteiger partial charge in [-0.25, -0.2) is 0 Å². The maximum absolute atomic E-state index is 4.89. The lowest BCUT2D eigenvalue weighted by molar-refractivity contribution is 0.301. The summed E-state index contributed by atoms with van der Waals surface area (Å²) in [4.78, 5) is 0. The van der Waals surface area contributed by atoms with Crippen LogP contribution < -0.4 is 0 Å². The fraction of sp³-hybridized carbons (Fsp3) is 0.750. The highest BCUT2D eigenvalue weighted by Gasteiger charge is 2.00. The molecule has 1 radical (unpaired) electrons. The second kappa shape index (κ2) is 4.81. The van der Waals surface area contributed by atoms with E-state index in [1.54, 1.807) is 30.6 Å². The van der Waals surface area contributed by atoms with Gasteiger partial charge in [0.05, 0.1) is 0 Å². The van der Waals surface area contributed by atoms with Crippen molar-refractivity contribution in [1.29, 1.82) is 0 Å². The lowest BCUT2D eigenvalue weighted by Gasteiger charge is -2.03. The Morgan fingerprint density at radius 2 is 1.71 bits per heavy atom. The first-order chi connectivity index (χ1) is 3.35. The van der Waals surface area contributed by atoms with Gasteiger partial charge in [0.2, 0.25) is 4.77 Å². The van der Waals surface area contributed by atoms with Gasteiger partial charge in [0.25, 0.3) is 0 Å². The highest BCUT2D eigenvalue weighted by Crippen LogP contribution is 2.26. The molecule has 0 saturated heterocycles. The molecule has 0 bridgehead atoms. The molecular formula is C4H9OS2. The zero-order valence-electron chi connectivity index (χ0n) is 4.72. The average Bonchev–Trinajstić information content (AvgIpc) is 1.72. The molecule has 0 spiro atoms. The molecule has 0 N–H and O–H groups in total. The van der Waals surface area contributed by atoms with Gasteiger partial charge in [-0.15, -0.1) is 23.5 Å². The molecular weight excluding hydrogens is 128 g/mol. The van der Waals surface area contributed by atoms with E-state index in [1.165, 1.54) is 0 Å². The molecule has 0 aliphatic rings. The van der Waals surface area contributed by atoms with Crippen LogP contribution in [-0.2, 0) is 4.74 Å². The van der Waals surface area contributed by atoms with Crippen molar-refractivity contribution in [1.82, 2.24) is 0 Å². The molecule has 0 aliphatic heterocycles. The van der Waals surface area contributed by atoms with E-state index < -0.39 is 0 Å². The maximum atomic E-state index is 4.89. The fourth-order valence-electron chi connectivity index (χ4n) is 0.250. The summed E-state index contributed by atoms with van der Waals surface area (Å²) in [5, 5.41) is 0. The Bertz CT molecular complexity index is 31.2. The number of methoxy groups -OCH3 is 1. The van der Waals surface area contributed by atoms with Crippen molar-refractivity contribution >= 4 is 23.5 Å². The van der Waals surface area contributed by atoms with Crippen molar-refractivity contribution in [2.24, 2.45) is 0 Å². The molecule has 0 aliphatic carbocycles. The Morgan fingerprint density at radius 3 is 1.71 bits per heavy atom. The highest BCUT2D eigenvalue weighted by atomic mass is 32.2. The van der Waals surface area contributed by atoms with E-state index >= 15 is 0 Å². The summed E-state index contributed by atoms with van der Waals surface area (Å²) >= 11 is 3.25. The monoisotopic (exact) mass is 137 g/mol. The molecule has 7 heavy (non-hydrogen) atoms. The number of ether oxygens (including phenoxy) is 1. The molecule has 3 heteroatoms. The maximum Gasteiger partial charge on any atom is 0.208 e. The van der Waals surface area contributed by atoms with Crippen LogP contribution in [0.15, 0.2) is 0 Å². The normalized spacial score (nSPS) is 10.3. The van der Waals surface area contributed by atoms with E-state index in [9.17, 15) is 0 Å². The molecule has 1 nitrogen and oxygen atoms in total. The van der Waals surface area contributed by atoms with Crippen molar-refractivity contribution in [3.8, 4) is 0 Å². The third-order valence-electron chi connectivity index (χ3n) is 0.500. The lowest BCUT2D eigenvalue weighted by atomic mass is 11.5. The van der Waals surface area contributed by atoms with E-state index in [4.69, 9.17) is 4.74 Å². The van der Waals surface area contributed by atoms with Crippen LogP contribution in [-0.4, -0.2) is 19.6 Å². The van der Waals surface area contributed by atoms with Crippen LogP contribution in [0.3, 0.4) is 0 Å².